The van der Waals surface area contributed by atoms with Gasteiger partial charge in [0.1, 0.15) is 5.75 Å². The maximum atomic E-state index is 12.0. The number of nitrogens with one attached hydrogen (secondary N) is 3. The molecule has 26 heavy (non-hydrogen) atoms. The van der Waals surface area contributed by atoms with Crippen molar-refractivity contribution in [2.24, 2.45) is 10.4 Å². The molecule has 7 heteroatoms. The standard InChI is InChI=1S/C19H30N4O2.HI/c1-4-19(10-5-11-19)14-23-18(20-2)22-13-17(24)21-12-15-6-8-16(25-3)9-7-15;/h6-9H,4-5,10-14H2,1-3H3,(H,21,24)(H2,20,22,23);1H. The van der Waals surface area contributed by atoms with Crippen molar-refractivity contribution < 1.29 is 9.53 Å². The topological polar surface area (TPSA) is 74.8 Å². The number of benzene rings is 1. The number of halogens is 1. The summed E-state index contributed by atoms with van der Waals surface area (Å²) in [6, 6.07) is 7.65. The number of methoxy groups -OCH3 is 1. The van der Waals surface area contributed by atoms with Crippen LogP contribution in [0.3, 0.4) is 0 Å². The monoisotopic (exact) mass is 474 g/mol. The lowest BCUT2D eigenvalue weighted by Crippen LogP contribution is -2.48. The molecule has 1 amide bonds. The van der Waals surface area contributed by atoms with Gasteiger partial charge in [-0.3, -0.25) is 9.79 Å². The fourth-order valence-corrected chi connectivity index (χ4v) is 2.99. The molecule has 0 bridgehead atoms. The Bertz CT molecular complexity index is 580. The van der Waals surface area contributed by atoms with Crippen molar-refractivity contribution in [2.45, 2.75) is 39.2 Å². The first kappa shape index (κ1) is 22.5. The van der Waals surface area contributed by atoms with Crippen molar-refractivity contribution in [2.75, 3.05) is 27.2 Å². The van der Waals surface area contributed by atoms with E-state index in [-0.39, 0.29) is 36.4 Å². The SMILES string of the molecule is CCC1(CNC(=NC)NCC(=O)NCc2ccc(OC)cc2)CCC1.I. The van der Waals surface area contributed by atoms with Gasteiger partial charge < -0.3 is 20.7 Å². The number of guanidine groups is 1. The third-order valence-electron chi connectivity index (χ3n) is 5.08. The molecule has 0 heterocycles. The number of nitrogens with zero attached hydrogens (tertiary/aromatic N) is 1. The molecular formula is C19H31IN4O2. The summed E-state index contributed by atoms with van der Waals surface area (Å²) in [6.45, 7) is 3.85. The number of hydrogen-bond acceptors (Lipinski definition) is 3. The molecule has 0 aromatic heterocycles. The Morgan fingerprint density at radius 2 is 1.88 bits per heavy atom. The van der Waals surface area contributed by atoms with Gasteiger partial charge in [-0.25, -0.2) is 0 Å². The van der Waals surface area contributed by atoms with Gasteiger partial charge in [-0.15, -0.1) is 24.0 Å². The van der Waals surface area contributed by atoms with E-state index in [1.165, 1.54) is 25.7 Å². The second-order valence-corrected chi connectivity index (χ2v) is 6.61. The van der Waals surface area contributed by atoms with Crippen molar-refractivity contribution in [1.29, 1.82) is 0 Å². The molecule has 0 atom stereocenters. The van der Waals surface area contributed by atoms with Crippen LogP contribution in [0.1, 0.15) is 38.2 Å². The first-order valence-corrected chi connectivity index (χ1v) is 8.95. The molecule has 0 saturated heterocycles. The predicted octanol–water partition coefficient (Wildman–Crippen LogP) is 2.67. The summed E-state index contributed by atoms with van der Waals surface area (Å²) in [5.74, 6) is 1.43. The van der Waals surface area contributed by atoms with E-state index in [0.717, 1.165) is 17.9 Å². The molecule has 146 valence electrons. The molecule has 1 fully saturated rings. The molecule has 0 unspecified atom stereocenters. The fourth-order valence-electron chi connectivity index (χ4n) is 2.99. The maximum absolute atomic E-state index is 12.0. The quantitative estimate of drug-likeness (QED) is 0.308. The Labute approximate surface area is 173 Å². The van der Waals surface area contributed by atoms with Crippen molar-refractivity contribution in [1.82, 2.24) is 16.0 Å². The first-order chi connectivity index (χ1) is 12.1. The summed E-state index contributed by atoms with van der Waals surface area (Å²) in [5, 5.41) is 9.32. The highest BCUT2D eigenvalue weighted by Crippen LogP contribution is 2.42. The van der Waals surface area contributed by atoms with Crippen LogP contribution in [0.4, 0.5) is 0 Å². The van der Waals surface area contributed by atoms with E-state index in [2.05, 4.69) is 27.9 Å². The molecule has 0 spiro atoms. The zero-order chi connectivity index (χ0) is 18.1. The summed E-state index contributed by atoms with van der Waals surface area (Å²) in [7, 11) is 3.36. The van der Waals surface area contributed by atoms with Crippen LogP contribution in [0.25, 0.3) is 0 Å². The second-order valence-electron chi connectivity index (χ2n) is 6.61. The van der Waals surface area contributed by atoms with Crippen LogP contribution in [-0.2, 0) is 11.3 Å². The van der Waals surface area contributed by atoms with Crippen molar-refractivity contribution >= 4 is 35.8 Å². The minimum Gasteiger partial charge on any atom is -0.497 e. The Hall–Kier alpha value is -1.51. The van der Waals surface area contributed by atoms with E-state index in [9.17, 15) is 4.79 Å². The Balaban J connectivity index is 0.00000338. The van der Waals surface area contributed by atoms with E-state index in [4.69, 9.17) is 4.74 Å². The summed E-state index contributed by atoms with van der Waals surface area (Å²) in [4.78, 5) is 16.2. The lowest BCUT2D eigenvalue weighted by molar-refractivity contribution is -0.120. The smallest absolute Gasteiger partial charge is 0.239 e. The number of rotatable bonds is 8. The molecule has 1 aliphatic rings. The highest BCUT2D eigenvalue weighted by atomic mass is 127. The van der Waals surface area contributed by atoms with Gasteiger partial charge in [0, 0.05) is 20.1 Å². The Kier molecular flexibility index (Phi) is 9.75. The van der Waals surface area contributed by atoms with E-state index in [1.807, 2.05) is 24.3 Å². The van der Waals surface area contributed by atoms with Crippen LogP contribution in [0.2, 0.25) is 0 Å². The van der Waals surface area contributed by atoms with Crippen molar-refractivity contribution in [3.8, 4) is 5.75 Å². The van der Waals surface area contributed by atoms with E-state index >= 15 is 0 Å². The summed E-state index contributed by atoms with van der Waals surface area (Å²) < 4.78 is 5.12. The molecule has 6 nitrogen and oxygen atoms in total. The summed E-state index contributed by atoms with van der Waals surface area (Å²) in [5.41, 5.74) is 1.44. The Morgan fingerprint density at radius 1 is 1.19 bits per heavy atom. The van der Waals surface area contributed by atoms with Crippen LogP contribution in [0.5, 0.6) is 5.75 Å². The lowest BCUT2D eigenvalue weighted by atomic mass is 9.67. The molecule has 1 saturated carbocycles. The number of aliphatic imine (C=N–C) groups is 1. The highest BCUT2D eigenvalue weighted by Gasteiger charge is 2.34. The van der Waals surface area contributed by atoms with Crippen molar-refractivity contribution in [3.05, 3.63) is 29.8 Å². The molecule has 1 aromatic rings. The average molecular weight is 474 g/mol. The van der Waals surface area contributed by atoms with Gasteiger partial charge in [-0.05, 0) is 42.4 Å². The third-order valence-corrected chi connectivity index (χ3v) is 5.08. The number of carbonyl (C=O) groups excluding carboxylic acids is 1. The van der Waals surface area contributed by atoms with Crippen molar-refractivity contribution in [3.63, 3.8) is 0 Å². The van der Waals surface area contributed by atoms with Crippen LogP contribution in [-0.4, -0.2) is 39.1 Å². The largest absolute Gasteiger partial charge is 0.497 e. The highest BCUT2D eigenvalue weighted by molar-refractivity contribution is 14.0. The predicted molar refractivity (Wildman–Crippen MR) is 116 cm³/mol. The van der Waals surface area contributed by atoms with Crippen LogP contribution < -0.4 is 20.7 Å². The zero-order valence-corrected chi connectivity index (χ0v) is 18.3. The molecule has 2 rings (SSSR count). The molecular weight excluding hydrogens is 443 g/mol. The Morgan fingerprint density at radius 3 is 2.38 bits per heavy atom. The number of ether oxygens (including phenoxy) is 1. The van der Waals surface area contributed by atoms with Crippen LogP contribution in [0, 0.1) is 5.41 Å². The molecule has 1 aliphatic carbocycles. The van der Waals surface area contributed by atoms with Gasteiger partial charge in [0.2, 0.25) is 5.91 Å². The third kappa shape index (κ3) is 6.66. The van der Waals surface area contributed by atoms with E-state index < -0.39 is 0 Å². The maximum Gasteiger partial charge on any atom is 0.239 e. The summed E-state index contributed by atoms with van der Waals surface area (Å²) >= 11 is 0. The van der Waals surface area contributed by atoms with Crippen LogP contribution >= 0.6 is 24.0 Å². The first-order valence-electron chi connectivity index (χ1n) is 8.95. The van der Waals surface area contributed by atoms with Crippen LogP contribution in [0.15, 0.2) is 29.3 Å². The van der Waals surface area contributed by atoms with E-state index in [1.54, 1.807) is 14.2 Å². The lowest BCUT2D eigenvalue weighted by Gasteiger charge is -2.41. The van der Waals surface area contributed by atoms with Gasteiger partial charge in [0.15, 0.2) is 5.96 Å². The molecule has 0 aliphatic heterocycles. The normalized spacial score (nSPS) is 15.3. The minimum absolute atomic E-state index is 0. The van der Waals surface area contributed by atoms with E-state index in [0.29, 0.717) is 17.9 Å². The number of carbonyl (C=O) groups is 1. The van der Waals surface area contributed by atoms with Gasteiger partial charge >= 0.3 is 0 Å². The van der Waals surface area contributed by atoms with Gasteiger partial charge in [-0.2, -0.15) is 0 Å². The van der Waals surface area contributed by atoms with Gasteiger partial charge in [-0.1, -0.05) is 25.5 Å². The minimum atomic E-state index is -0.0624. The van der Waals surface area contributed by atoms with Gasteiger partial charge in [0.25, 0.3) is 0 Å². The second kappa shape index (κ2) is 11.3. The number of hydrogen-bond donors (Lipinski definition) is 3. The number of amides is 1. The fraction of sp³-hybridized carbons (Fsp3) is 0.579. The average Bonchev–Trinajstić information content (AvgIpc) is 2.62. The molecule has 0 radical (unpaired) electrons. The zero-order valence-electron chi connectivity index (χ0n) is 15.9. The molecule has 3 N–H and O–H groups in total. The van der Waals surface area contributed by atoms with Gasteiger partial charge in [0.05, 0.1) is 13.7 Å². The molecule has 1 aromatic carbocycles. The summed E-state index contributed by atoms with van der Waals surface area (Å²) in [6.07, 6.45) is 5.04.